The third-order valence-electron chi connectivity index (χ3n) is 3.09. The van der Waals surface area contributed by atoms with E-state index in [4.69, 9.17) is 9.47 Å². The smallest absolute Gasteiger partial charge is 0.311 e. The lowest BCUT2D eigenvalue weighted by Crippen LogP contribution is -2.23. The fourth-order valence-corrected chi connectivity index (χ4v) is 1.82. The number of unbranched alkanes of at least 4 members (excludes halogenated alkanes) is 2. The molecule has 0 fully saturated rings. The molecule has 112 valence electrons. The molecule has 1 aromatic rings. The number of carbonyl (C=O) groups excluding carboxylic acids is 1. The zero-order chi connectivity index (χ0) is 15.0. The van der Waals surface area contributed by atoms with Crippen LogP contribution in [0.5, 0.6) is 5.75 Å². The molecule has 0 aliphatic heterocycles. The molecule has 1 aromatic carbocycles. The molecule has 0 heterocycles. The minimum Gasteiger partial charge on any atom is -0.497 e. The maximum Gasteiger partial charge on any atom is 0.311 e. The van der Waals surface area contributed by atoms with E-state index in [0.29, 0.717) is 6.61 Å². The van der Waals surface area contributed by atoms with Gasteiger partial charge in [-0.25, -0.2) is 0 Å². The molecule has 0 aliphatic carbocycles. The molecule has 0 N–H and O–H groups in total. The van der Waals surface area contributed by atoms with Gasteiger partial charge in [-0.05, 0) is 64.2 Å². The molecule has 0 aliphatic rings. The Labute approximate surface area is 122 Å². The first-order valence-electron chi connectivity index (χ1n) is 7.23. The molecule has 0 bridgehead atoms. The van der Waals surface area contributed by atoms with Crippen molar-refractivity contribution >= 4 is 5.97 Å². The van der Waals surface area contributed by atoms with E-state index in [9.17, 15) is 4.79 Å². The van der Waals surface area contributed by atoms with Crippen LogP contribution in [0.15, 0.2) is 24.3 Å². The Balaban J connectivity index is 2.15. The van der Waals surface area contributed by atoms with Gasteiger partial charge in [0.05, 0.1) is 19.1 Å². The summed E-state index contributed by atoms with van der Waals surface area (Å²) in [6, 6.07) is 8.15. The van der Waals surface area contributed by atoms with E-state index in [1.165, 1.54) is 5.56 Å². The highest BCUT2D eigenvalue weighted by Crippen LogP contribution is 2.16. The van der Waals surface area contributed by atoms with Crippen molar-refractivity contribution in [2.45, 2.75) is 46.5 Å². The zero-order valence-electron chi connectivity index (χ0n) is 13.1. The minimum atomic E-state index is -0.402. The van der Waals surface area contributed by atoms with Gasteiger partial charge in [0.15, 0.2) is 0 Å². The second-order valence-corrected chi connectivity index (χ2v) is 6.05. The van der Waals surface area contributed by atoms with Crippen LogP contribution in [-0.2, 0) is 16.0 Å². The maximum atomic E-state index is 11.6. The van der Waals surface area contributed by atoms with Crippen LogP contribution in [0, 0.1) is 5.41 Å². The van der Waals surface area contributed by atoms with Crippen LogP contribution in [0.2, 0.25) is 0 Å². The third kappa shape index (κ3) is 6.09. The largest absolute Gasteiger partial charge is 0.497 e. The number of hydrogen-bond donors (Lipinski definition) is 0. The molecular weight excluding hydrogens is 252 g/mol. The molecule has 3 heteroatoms. The summed E-state index contributed by atoms with van der Waals surface area (Å²) in [7, 11) is 1.68. The van der Waals surface area contributed by atoms with E-state index in [1.54, 1.807) is 7.11 Å². The number of esters is 1. The van der Waals surface area contributed by atoms with Crippen molar-refractivity contribution in [3.8, 4) is 5.75 Å². The Bertz CT molecular complexity index is 418. The summed E-state index contributed by atoms with van der Waals surface area (Å²) in [6.07, 6.45) is 4.12. The average Bonchev–Trinajstić information content (AvgIpc) is 2.41. The lowest BCUT2D eigenvalue weighted by atomic mass is 9.97. The van der Waals surface area contributed by atoms with Crippen molar-refractivity contribution in [3.05, 3.63) is 29.8 Å². The molecule has 0 spiro atoms. The Kier molecular flexibility index (Phi) is 6.56. The number of ether oxygens (including phenoxy) is 2. The van der Waals surface area contributed by atoms with Crippen molar-refractivity contribution in [1.29, 1.82) is 0 Å². The van der Waals surface area contributed by atoms with Gasteiger partial charge in [-0.2, -0.15) is 0 Å². The van der Waals surface area contributed by atoms with Crippen LogP contribution in [0.25, 0.3) is 0 Å². The normalized spacial score (nSPS) is 11.2. The number of hydrogen-bond acceptors (Lipinski definition) is 3. The minimum absolute atomic E-state index is 0.120. The van der Waals surface area contributed by atoms with Gasteiger partial charge >= 0.3 is 5.97 Å². The van der Waals surface area contributed by atoms with Crippen molar-refractivity contribution in [2.24, 2.45) is 5.41 Å². The van der Waals surface area contributed by atoms with E-state index >= 15 is 0 Å². The summed E-state index contributed by atoms with van der Waals surface area (Å²) >= 11 is 0. The topological polar surface area (TPSA) is 35.5 Å². The van der Waals surface area contributed by atoms with Gasteiger partial charge in [-0.3, -0.25) is 4.79 Å². The average molecular weight is 278 g/mol. The summed E-state index contributed by atoms with van der Waals surface area (Å²) in [5, 5.41) is 0. The molecule has 3 nitrogen and oxygen atoms in total. The molecule has 20 heavy (non-hydrogen) atoms. The summed E-state index contributed by atoms with van der Waals surface area (Å²) in [6.45, 7) is 6.14. The SMILES string of the molecule is COc1cccc(CCCCCOC(=O)C(C)(C)C)c1. The fraction of sp³-hybridized carbons (Fsp3) is 0.588. The molecule has 0 saturated carbocycles. The third-order valence-corrected chi connectivity index (χ3v) is 3.09. The molecule has 0 amide bonds. The molecule has 0 unspecified atom stereocenters. The fourth-order valence-electron chi connectivity index (χ4n) is 1.82. The standard InChI is InChI=1S/C17H26O3/c1-17(2,3)16(18)20-12-7-5-6-9-14-10-8-11-15(13-14)19-4/h8,10-11,13H,5-7,9,12H2,1-4H3. The Hall–Kier alpha value is -1.51. The first-order chi connectivity index (χ1) is 9.43. The van der Waals surface area contributed by atoms with Crippen LogP contribution in [0.3, 0.4) is 0 Å². The van der Waals surface area contributed by atoms with Crippen LogP contribution < -0.4 is 4.74 Å². The molecule has 0 radical (unpaired) electrons. The van der Waals surface area contributed by atoms with Crippen molar-refractivity contribution in [1.82, 2.24) is 0 Å². The summed E-state index contributed by atoms with van der Waals surface area (Å²) in [4.78, 5) is 11.6. The molecule has 0 atom stereocenters. The lowest BCUT2D eigenvalue weighted by molar-refractivity contribution is -0.153. The number of methoxy groups -OCH3 is 1. The van der Waals surface area contributed by atoms with Gasteiger partial charge in [-0.15, -0.1) is 0 Å². The molecule has 1 rings (SSSR count). The first-order valence-corrected chi connectivity index (χ1v) is 7.23. The highest BCUT2D eigenvalue weighted by Gasteiger charge is 2.22. The predicted molar refractivity (Wildman–Crippen MR) is 81.0 cm³/mol. The number of aryl methyl sites for hydroxylation is 1. The van der Waals surface area contributed by atoms with Crippen LogP contribution >= 0.6 is 0 Å². The van der Waals surface area contributed by atoms with Gasteiger partial charge in [-0.1, -0.05) is 12.1 Å². The first kappa shape index (κ1) is 16.5. The van der Waals surface area contributed by atoms with Crippen molar-refractivity contribution in [2.75, 3.05) is 13.7 Å². The maximum absolute atomic E-state index is 11.6. The predicted octanol–water partition coefficient (Wildman–Crippen LogP) is 4.00. The van der Waals surface area contributed by atoms with Gasteiger partial charge in [0.1, 0.15) is 5.75 Å². The van der Waals surface area contributed by atoms with Gasteiger partial charge < -0.3 is 9.47 Å². The van der Waals surface area contributed by atoms with E-state index < -0.39 is 5.41 Å². The molecule has 0 saturated heterocycles. The van der Waals surface area contributed by atoms with Crippen LogP contribution in [0.1, 0.15) is 45.6 Å². The van der Waals surface area contributed by atoms with E-state index in [-0.39, 0.29) is 5.97 Å². The number of rotatable bonds is 7. The Morgan fingerprint density at radius 3 is 2.55 bits per heavy atom. The Morgan fingerprint density at radius 2 is 1.90 bits per heavy atom. The highest BCUT2D eigenvalue weighted by molar-refractivity contribution is 5.75. The van der Waals surface area contributed by atoms with Gasteiger partial charge in [0, 0.05) is 0 Å². The quantitative estimate of drug-likeness (QED) is 0.558. The van der Waals surface area contributed by atoms with Crippen LogP contribution in [-0.4, -0.2) is 19.7 Å². The second-order valence-electron chi connectivity index (χ2n) is 6.05. The van der Waals surface area contributed by atoms with E-state index in [1.807, 2.05) is 32.9 Å². The summed E-state index contributed by atoms with van der Waals surface area (Å²) in [5.41, 5.74) is 0.886. The highest BCUT2D eigenvalue weighted by atomic mass is 16.5. The van der Waals surface area contributed by atoms with Crippen LogP contribution in [0.4, 0.5) is 0 Å². The zero-order valence-corrected chi connectivity index (χ0v) is 13.1. The molecular formula is C17H26O3. The van der Waals surface area contributed by atoms with E-state index in [2.05, 4.69) is 12.1 Å². The summed E-state index contributed by atoms with van der Waals surface area (Å²) in [5.74, 6) is 0.784. The monoisotopic (exact) mass is 278 g/mol. The number of carbonyl (C=O) groups is 1. The Morgan fingerprint density at radius 1 is 1.15 bits per heavy atom. The van der Waals surface area contributed by atoms with Gasteiger partial charge in [0.25, 0.3) is 0 Å². The number of benzene rings is 1. The van der Waals surface area contributed by atoms with Gasteiger partial charge in [0.2, 0.25) is 0 Å². The second kappa shape index (κ2) is 7.93. The summed E-state index contributed by atoms with van der Waals surface area (Å²) < 4.78 is 10.4. The van der Waals surface area contributed by atoms with Crippen molar-refractivity contribution in [3.63, 3.8) is 0 Å². The van der Waals surface area contributed by atoms with Crippen molar-refractivity contribution < 1.29 is 14.3 Å². The lowest BCUT2D eigenvalue weighted by Gasteiger charge is -2.16. The molecule has 0 aromatic heterocycles. The van der Waals surface area contributed by atoms with E-state index in [0.717, 1.165) is 31.4 Å².